The molecule has 0 saturated carbocycles. The molecule has 1 aliphatic rings. The van der Waals surface area contributed by atoms with Crippen molar-refractivity contribution in [3.63, 3.8) is 0 Å². The number of aliphatic hydroxyl groups excluding tert-OH is 3. The Kier molecular flexibility index (Phi) is 5.50. The minimum Gasteiger partial charge on any atom is -0.394 e. The van der Waals surface area contributed by atoms with Crippen LogP contribution in [-0.2, 0) is 10.1 Å². The topological polar surface area (TPSA) is 131 Å². The van der Waals surface area contributed by atoms with Crippen molar-refractivity contribution in [2.75, 3.05) is 12.3 Å². The van der Waals surface area contributed by atoms with Crippen LogP contribution in [0.1, 0.15) is 19.8 Å². The number of unbranched alkanes of at least 4 members (excludes halogenated alkanes) is 1. The van der Waals surface area contributed by atoms with Gasteiger partial charge in [-0.1, -0.05) is 38.9 Å². The highest BCUT2D eigenvalue weighted by Crippen LogP contribution is 2.44. The van der Waals surface area contributed by atoms with E-state index in [1.807, 2.05) is 13.1 Å². The standard InChI is InChI=1S/C15H27N3O5Si/c1-4-5-8-24(2,3)15(13(21)12(20)10(9-19)23-15)18-7-6-11(16)17-14(18)22/h6-7,10,12-13,19-21H,4-5,8-9H2,1-3H3,(H2,16,17,22)/t10-,12-,13-,15+/m1/s1. The van der Waals surface area contributed by atoms with Gasteiger partial charge in [-0.25, -0.2) is 4.79 Å². The zero-order chi connectivity index (χ0) is 18.1. The third-order valence-electron chi connectivity index (χ3n) is 4.92. The van der Waals surface area contributed by atoms with Crippen LogP contribution in [0.25, 0.3) is 0 Å². The highest BCUT2D eigenvalue weighted by molar-refractivity contribution is 6.79. The number of aliphatic hydroxyl groups is 3. The average molecular weight is 357 g/mol. The van der Waals surface area contributed by atoms with Gasteiger partial charge >= 0.3 is 5.69 Å². The van der Waals surface area contributed by atoms with E-state index in [9.17, 15) is 20.1 Å². The normalized spacial score (nSPS) is 30.7. The van der Waals surface area contributed by atoms with Gasteiger partial charge in [0, 0.05) is 6.20 Å². The van der Waals surface area contributed by atoms with Crippen molar-refractivity contribution in [3.05, 3.63) is 22.7 Å². The summed E-state index contributed by atoms with van der Waals surface area (Å²) in [4.78, 5) is 16.2. The molecule has 136 valence electrons. The van der Waals surface area contributed by atoms with Crippen LogP contribution in [0.4, 0.5) is 5.82 Å². The molecular formula is C15H27N3O5Si. The Morgan fingerprint density at radius 1 is 1.46 bits per heavy atom. The molecule has 0 spiro atoms. The van der Waals surface area contributed by atoms with E-state index in [-0.39, 0.29) is 5.82 Å². The second-order valence-electron chi connectivity index (χ2n) is 6.96. The van der Waals surface area contributed by atoms with Crippen LogP contribution < -0.4 is 11.4 Å². The summed E-state index contributed by atoms with van der Waals surface area (Å²) in [5.41, 5.74) is 4.93. The highest BCUT2D eigenvalue weighted by atomic mass is 28.3. The van der Waals surface area contributed by atoms with E-state index in [0.717, 1.165) is 18.9 Å². The lowest BCUT2D eigenvalue weighted by molar-refractivity contribution is -0.0977. The second kappa shape index (κ2) is 6.93. The second-order valence-corrected chi connectivity index (χ2v) is 11.9. The monoisotopic (exact) mass is 357 g/mol. The smallest absolute Gasteiger partial charge is 0.351 e. The predicted octanol–water partition coefficient (Wildman–Crippen LogP) is -0.361. The fourth-order valence-corrected chi connectivity index (χ4v) is 7.36. The number of nitrogen functional groups attached to an aromatic ring is 1. The summed E-state index contributed by atoms with van der Waals surface area (Å²) in [5, 5.41) is 29.2. The van der Waals surface area contributed by atoms with Crippen molar-refractivity contribution in [3.8, 4) is 0 Å². The van der Waals surface area contributed by atoms with Gasteiger partial charge in [0.1, 0.15) is 32.2 Å². The zero-order valence-corrected chi connectivity index (χ0v) is 15.3. The maximum absolute atomic E-state index is 12.5. The quantitative estimate of drug-likeness (QED) is 0.511. The predicted molar refractivity (Wildman–Crippen MR) is 92.1 cm³/mol. The van der Waals surface area contributed by atoms with Crippen molar-refractivity contribution in [1.29, 1.82) is 0 Å². The Balaban J connectivity index is 2.64. The van der Waals surface area contributed by atoms with Crippen LogP contribution in [-0.4, -0.2) is 57.9 Å². The van der Waals surface area contributed by atoms with E-state index < -0.39 is 44.0 Å². The zero-order valence-electron chi connectivity index (χ0n) is 14.3. The van der Waals surface area contributed by atoms with Gasteiger partial charge in [0.25, 0.3) is 0 Å². The van der Waals surface area contributed by atoms with Crippen LogP contribution >= 0.6 is 0 Å². The molecule has 0 aromatic carbocycles. The molecule has 4 atom stereocenters. The Morgan fingerprint density at radius 2 is 2.12 bits per heavy atom. The van der Waals surface area contributed by atoms with Crippen molar-refractivity contribution in [1.82, 2.24) is 9.55 Å². The highest BCUT2D eigenvalue weighted by Gasteiger charge is 2.63. The summed E-state index contributed by atoms with van der Waals surface area (Å²) in [6.45, 7) is 5.61. The van der Waals surface area contributed by atoms with Crippen molar-refractivity contribution in [2.45, 2.75) is 62.6 Å². The van der Waals surface area contributed by atoms with Crippen LogP contribution in [0.5, 0.6) is 0 Å². The van der Waals surface area contributed by atoms with Crippen molar-refractivity contribution >= 4 is 13.9 Å². The molecule has 1 saturated heterocycles. The number of rotatable bonds is 6. The van der Waals surface area contributed by atoms with Crippen LogP contribution in [0.2, 0.25) is 19.1 Å². The SMILES string of the molecule is CCCC[Si](C)(C)[C@@]1(n2ccc(N)nc2=O)O[C@H](CO)[C@@H](O)[C@H]1O. The van der Waals surface area contributed by atoms with Gasteiger partial charge in [-0.05, 0) is 6.07 Å². The van der Waals surface area contributed by atoms with Crippen molar-refractivity contribution < 1.29 is 20.1 Å². The van der Waals surface area contributed by atoms with Gasteiger partial charge in [-0.2, -0.15) is 4.98 Å². The molecule has 0 unspecified atom stereocenters. The third kappa shape index (κ3) is 2.90. The first-order valence-electron chi connectivity index (χ1n) is 8.21. The molecule has 24 heavy (non-hydrogen) atoms. The first-order chi connectivity index (χ1) is 11.2. The van der Waals surface area contributed by atoms with E-state index in [1.54, 1.807) is 0 Å². The van der Waals surface area contributed by atoms with Gasteiger partial charge in [-0.15, -0.1) is 0 Å². The molecule has 0 radical (unpaired) electrons. The molecule has 0 bridgehead atoms. The van der Waals surface area contributed by atoms with Crippen LogP contribution in [0.3, 0.4) is 0 Å². The first kappa shape index (κ1) is 19.1. The Labute approximate surface area is 141 Å². The molecule has 0 amide bonds. The average Bonchev–Trinajstić information content (AvgIpc) is 2.79. The molecule has 9 heteroatoms. The van der Waals surface area contributed by atoms with Gasteiger partial charge < -0.3 is 25.8 Å². The number of anilines is 1. The minimum absolute atomic E-state index is 0.0752. The molecule has 2 rings (SSSR count). The van der Waals surface area contributed by atoms with Crippen molar-refractivity contribution in [2.24, 2.45) is 0 Å². The molecule has 1 aromatic heterocycles. The lowest BCUT2D eigenvalue weighted by Crippen LogP contribution is -2.65. The maximum atomic E-state index is 12.5. The van der Waals surface area contributed by atoms with E-state index >= 15 is 0 Å². The summed E-state index contributed by atoms with van der Waals surface area (Å²) in [5.74, 6) is 0.0752. The summed E-state index contributed by atoms with van der Waals surface area (Å²) in [6.07, 6.45) is -0.263. The first-order valence-corrected chi connectivity index (χ1v) is 11.4. The molecule has 1 fully saturated rings. The Hall–Kier alpha value is -1.26. The van der Waals surface area contributed by atoms with E-state index in [1.165, 1.54) is 16.8 Å². The number of ether oxygens (including phenoxy) is 1. The third-order valence-corrected chi connectivity index (χ3v) is 9.12. The largest absolute Gasteiger partial charge is 0.394 e. The molecule has 1 aliphatic heterocycles. The number of nitrogens with zero attached hydrogens (tertiary/aromatic N) is 2. The molecular weight excluding hydrogens is 330 g/mol. The van der Waals surface area contributed by atoms with Gasteiger partial charge in [-0.3, -0.25) is 4.57 Å². The van der Waals surface area contributed by atoms with E-state index in [4.69, 9.17) is 10.5 Å². The molecule has 1 aromatic rings. The summed E-state index contributed by atoms with van der Waals surface area (Å²) >= 11 is 0. The summed E-state index contributed by atoms with van der Waals surface area (Å²) < 4.78 is 7.23. The Bertz CT molecular complexity index is 638. The molecule has 5 N–H and O–H groups in total. The number of nitrogens with two attached hydrogens (primary N) is 1. The minimum atomic E-state index is -2.46. The van der Waals surface area contributed by atoms with Gasteiger partial charge in [0.2, 0.25) is 0 Å². The van der Waals surface area contributed by atoms with Gasteiger partial charge in [0.15, 0.2) is 5.35 Å². The molecule has 8 nitrogen and oxygen atoms in total. The molecule has 2 heterocycles. The number of aromatic nitrogens is 2. The van der Waals surface area contributed by atoms with Crippen LogP contribution in [0.15, 0.2) is 17.1 Å². The fraction of sp³-hybridized carbons (Fsp3) is 0.733. The lowest BCUT2D eigenvalue weighted by atomic mass is 10.1. The summed E-state index contributed by atoms with van der Waals surface area (Å²) in [6, 6.07) is 2.24. The fourth-order valence-electron chi connectivity index (χ4n) is 3.50. The lowest BCUT2D eigenvalue weighted by Gasteiger charge is -2.45. The Morgan fingerprint density at radius 3 is 2.62 bits per heavy atom. The van der Waals surface area contributed by atoms with Crippen LogP contribution in [0, 0.1) is 0 Å². The van der Waals surface area contributed by atoms with E-state index in [0.29, 0.717) is 0 Å². The summed E-state index contributed by atoms with van der Waals surface area (Å²) in [7, 11) is -2.46. The van der Waals surface area contributed by atoms with E-state index in [2.05, 4.69) is 11.9 Å². The molecule has 0 aliphatic carbocycles. The maximum Gasteiger partial charge on any atom is 0.351 e. The number of hydrogen-bond acceptors (Lipinski definition) is 7. The number of hydrogen-bond donors (Lipinski definition) is 4. The van der Waals surface area contributed by atoms with Gasteiger partial charge in [0.05, 0.1) is 6.61 Å².